The molecule has 2 aromatic rings. The molecule has 20 heavy (non-hydrogen) atoms. The average molecular weight is 332 g/mol. The predicted octanol–water partition coefficient (Wildman–Crippen LogP) is 4.15. The van der Waals surface area contributed by atoms with Gasteiger partial charge < -0.3 is 9.94 Å². The molecule has 0 fully saturated rings. The van der Waals surface area contributed by atoms with Crippen molar-refractivity contribution >= 4 is 21.6 Å². The van der Waals surface area contributed by atoms with Crippen LogP contribution in [0, 0.1) is 0 Å². The maximum absolute atomic E-state index is 8.99. The summed E-state index contributed by atoms with van der Waals surface area (Å²) in [6, 6.07) is 13.9. The molecule has 0 unspecified atom stereocenters. The van der Waals surface area contributed by atoms with E-state index in [4.69, 9.17) is 9.94 Å². The van der Waals surface area contributed by atoms with Crippen molar-refractivity contribution in [1.29, 1.82) is 0 Å². The lowest BCUT2D eigenvalue weighted by molar-refractivity contribution is 0.302. The van der Waals surface area contributed by atoms with Gasteiger partial charge in [0.05, 0.1) is 5.71 Å². The van der Waals surface area contributed by atoms with Crippen LogP contribution in [0.1, 0.15) is 23.1 Å². The zero-order chi connectivity index (χ0) is 13.9. The van der Waals surface area contributed by atoms with Gasteiger partial charge in [0.1, 0.15) is 12.4 Å². The van der Waals surface area contributed by atoms with Gasteiger partial charge >= 0.3 is 0 Å². The summed E-state index contributed by atoms with van der Waals surface area (Å²) >= 11 is 3.52. The summed E-state index contributed by atoms with van der Waals surface area (Å²) in [6.07, 6.45) is 1.63. The number of hydrogen-bond donors (Lipinski definition) is 1. The lowest BCUT2D eigenvalue weighted by atomic mass is 10.1. The van der Waals surface area contributed by atoms with E-state index >= 15 is 0 Å². The van der Waals surface area contributed by atoms with Crippen molar-refractivity contribution < 1.29 is 9.94 Å². The number of hydrogen-bond acceptors (Lipinski definition) is 3. The molecule has 102 valence electrons. The van der Waals surface area contributed by atoms with E-state index in [0.29, 0.717) is 6.61 Å². The Balaban J connectivity index is 1.83. The molecule has 0 saturated heterocycles. The number of oxime groups is 1. The fraction of sp³-hybridized carbons (Fsp3) is 0.188. The molecule has 0 saturated carbocycles. The Morgan fingerprint density at radius 1 is 1.10 bits per heavy atom. The Labute approximate surface area is 126 Å². The summed E-state index contributed by atoms with van der Waals surface area (Å²) in [5.41, 5.74) is 3.98. The topological polar surface area (TPSA) is 41.8 Å². The van der Waals surface area contributed by atoms with Gasteiger partial charge in [0.15, 0.2) is 0 Å². The number of nitrogens with zero attached hydrogens (tertiary/aromatic N) is 1. The number of fused-ring (bicyclic) bond motifs is 1. The number of halogens is 1. The van der Waals surface area contributed by atoms with Crippen LogP contribution in [0.2, 0.25) is 0 Å². The van der Waals surface area contributed by atoms with Crippen LogP contribution in [0.5, 0.6) is 5.75 Å². The third-order valence-electron chi connectivity index (χ3n) is 3.52. The van der Waals surface area contributed by atoms with Crippen molar-refractivity contribution in [2.75, 3.05) is 0 Å². The molecule has 3 rings (SSSR count). The summed E-state index contributed by atoms with van der Waals surface area (Å²) in [5, 5.41) is 12.3. The van der Waals surface area contributed by atoms with Gasteiger partial charge in [-0.05, 0) is 25.0 Å². The highest BCUT2D eigenvalue weighted by atomic mass is 79.9. The minimum atomic E-state index is 0.517. The summed E-state index contributed by atoms with van der Waals surface area (Å²) < 4.78 is 6.99. The smallest absolute Gasteiger partial charge is 0.123 e. The molecule has 0 aromatic heterocycles. The third-order valence-corrected chi connectivity index (χ3v) is 4.29. The number of ether oxygens (including phenoxy) is 1. The van der Waals surface area contributed by atoms with Crippen molar-refractivity contribution in [3.63, 3.8) is 0 Å². The monoisotopic (exact) mass is 331 g/mol. The summed E-state index contributed by atoms with van der Waals surface area (Å²) in [7, 11) is 0. The maximum Gasteiger partial charge on any atom is 0.123 e. The molecule has 0 atom stereocenters. The van der Waals surface area contributed by atoms with Gasteiger partial charge in [-0.3, -0.25) is 0 Å². The van der Waals surface area contributed by atoms with Crippen LogP contribution in [0.15, 0.2) is 52.1 Å². The standard InChI is InChI=1S/C16H14BrNO2/c17-14-6-2-1-4-11(14)10-20-16-7-3-5-12-13(16)8-9-15(12)18-19/h1-7,19H,8-10H2. The van der Waals surface area contributed by atoms with E-state index in [-0.39, 0.29) is 0 Å². The van der Waals surface area contributed by atoms with Crippen LogP contribution in [-0.4, -0.2) is 10.9 Å². The van der Waals surface area contributed by atoms with E-state index in [0.717, 1.165) is 45.5 Å². The number of benzene rings is 2. The molecule has 0 bridgehead atoms. The molecule has 1 aliphatic rings. The molecule has 3 nitrogen and oxygen atoms in total. The van der Waals surface area contributed by atoms with E-state index in [1.165, 1.54) is 0 Å². The lowest BCUT2D eigenvalue weighted by Gasteiger charge is -2.11. The zero-order valence-electron chi connectivity index (χ0n) is 10.8. The third kappa shape index (κ3) is 2.43. The second kappa shape index (κ2) is 5.67. The molecule has 4 heteroatoms. The van der Waals surface area contributed by atoms with E-state index in [1.807, 2.05) is 42.5 Å². The molecule has 0 aliphatic heterocycles. The van der Waals surface area contributed by atoms with E-state index in [2.05, 4.69) is 21.1 Å². The Morgan fingerprint density at radius 2 is 1.95 bits per heavy atom. The Kier molecular flexibility index (Phi) is 3.74. The molecule has 1 N–H and O–H groups in total. The first-order chi connectivity index (χ1) is 9.79. The predicted molar refractivity (Wildman–Crippen MR) is 81.6 cm³/mol. The molecule has 1 aliphatic carbocycles. The van der Waals surface area contributed by atoms with Gasteiger partial charge in [-0.15, -0.1) is 0 Å². The quantitative estimate of drug-likeness (QED) is 0.678. The van der Waals surface area contributed by atoms with Crippen LogP contribution in [0.4, 0.5) is 0 Å². The van der Waals surface area contributed by atoms with Crippen molar-refractivity contribution in [3.05, 3.63) is 63.6 Å². The average Bonchev–Trinajstić information content (AvgIpc) is 2.90. The van der Waals surface area contributed by atoms with Crippen molar-refractivity contribution in [1.82, 2.24) is 0 Å². The largest absolute Gasteiger partial charge is 0.489 e. The van der Waals surface area contributed by atoms with E-state index in [1.54, 1.807) is 0 Å². The number of rotatable bonds is 3. The lowest BCUT2D eigenvalue weighted by Crippen LogP contribution is -2.00. The summed E-state index contributed by atoms with van der Waals surface area (Å²) in [4.78, 5) is 0. The van der Waals surface area contributed by atoms with Crippen LogP contribution in [0.25, 0.3) is 0 Å². The first-order valence-corrected chi connectivity index (χ1v) is 7.28. The van der Waals surface area contributed by atoms with Crippen molar-refractivity contribution in [2.45, 2.75) is 19.4 Å². The molecule has 0 heterocycles. The minimum Gasteiger partial charge on any atom is -0.489 e. The first-order valence-electron chi connectivity index (χ1n) is 6.49. The molecule has 0 radical (unpaired) electrons. The molecule has 0 amide bonds. The molecule has 0 spiro atoms. The van der Waals surface area contributed by atoms with Crippen LogP contribution in [0.3, 0.4) is 0 Å². The zero-order valence-corrected chi connectivity index (χ0v) is 12.4. The van der Waals surface area contributed by atoms with Gasteiger partial charge in [0.25, 0.3) is 0 Å². The van der Waals surface area contributed by atoms with Gasteiger partial charge in [0.2, 0.25) is 0 Å². The van der Waals surface area contributed by atoms with Gasteiger partial charge in [-0.1, -0.05) is 51.4 Å². The summed E-state index contributed by atoms with van der Waals surface area (Å²) in [6.45, 7) is 0.517. The molecule has 2 aromatic carbocycles. The van der Waals surface area contributed by atoms with Crippen molar-refractivity contribution in [2.24, 2.45) is 5.16 Å². The highest BCUT2D eigenvalue weighted by Gasteiger charge is 2.21. The second-order valence-electron chi connectivity index (χ2n) is 4.71. The highest BCUT2D eigenvalue weighted by molar-refractivity contribution is 9.10. The minimum absolute atomic E-state index is 0.517. The fourth-order valence-electron chi connectivity index (χ4n) is 2.48. The SMILES string of the molecule is ON=C1CCc2c(OCc3ccccc3Br)cccc21. The Morgan fingerprint density at radius 3 is 2.75 bits per heavy atom. The first kappa shape index (κ1) is 13.2. The maximum atomic E-state index is 8.99. The Hall–Kier alpha value is -1.81. The van der Waals surface area contributed by atoms with Gasteiger partial charge in [0, 0.05) is 21.2 Å². The summed E-state index contributed by atoms with van der Waals surface area (Å²) in [5.74, 6) is 0.872. The Bertz CT molecular complexity index is 667. The second-order valence-corrected chi connectivity index (χ2v) is 5.56. The van der Waals surface area contributed by atoms with Gasteiger partial charge in [-0.2, -0.15) is 0 Å². The van der Waals surface area contributed by atoms with Crippen LogP contribution >= 0.6 is 15.9 Å². The van der Waals surface area contributed by atoms with Gasteiger partial charge in [-0.25, -0.2) is 0 Å². The highest BCUT2D eigenvalue weighted by Crippen LogP contribution is 2.31. The molecular formula is C16H14BrNO2. The van der Waals surface area contributed by atoms with Crippen molar-refractivity contribution in [3.8, 4) is 5.75 Å². The normalized spacial score (nSPS) is 15.3. The van der Waals surface area contributed by atoms with Crippen LogP contribution in [-0.2, 0) is 13.0 Å². The van der Waals surface area contributed by atoms with Crippen LogP contribution < -0.4 is 4.74 Å². The molecular weight excluding hydrogens is 318 g/mol. The van der Waals surface area contributed by atoms with E-state index < -0.39 is 0 Å². The van der Waals surface area contributed by atoms with E-state index in [9.17, 15) is 0 Å². The fourth-order valence-corrected chi connectivity index (χ4v) is 2.88.